The number of unbranched alkanes of at least 4 members (excludes halogenated alkanes) is 55. The minimum atomic E-state index is -4.40. The van der Waals surface area contributed by atoms with Crippen LogP contribution in [0.4, 0.5) is 0 Å². The standard InChI is InChI=1S/C86H160NO8P/c1-3-5-7-9-11-13-15-17-19-21-23-25-27-29-31-33-35-37-39-40-41-42-43-44-45-47-49-51-53-55-57-59-61-63-65-67-69-71-73-75-77-79-86(89)95-84(83-94-96(90,91)93-81-80-87)82-92-85(88)78-76-74-72-70-68-66-64-62-60-58-56-54-52-50-48-46-38-36-34-32-30-28-26-24-22-20-18-16-14-12-10-8-6-4-2/h5,7,11,13,17,19,23,25,29,31,35,37,84H,3-4,6,8-10,12,14-16,18,20-22,24,26-28,30,32-34,36,38-83,87H2,1-2H3,(H,90,91)/b7-5-,13-11-,19-17-,25-23-,31-29-,37-35-. The summed E-state index contributed by atoms with van der Waals surface area (Å²) in [5.41, 5.74) is 5.42. The van der Waals surface area contributed by atoms with Gasteiger partial charge in [-0.2, -0.15) is 0 Å². The third-order valence-corrected chi connectivity index (χ3v) is 19.8. The maximum Gasteiger partial charge on any atom is 0.472 e. The highest BCUT2D eigenvalue weighted by molar-refractivity contribution is 7.47. The van der Waals surface area contributed by atoms with E-state index in [0.29, 0.717) is 6.42 Å². The van der Waals surface area contributed by atoms with Crippen LogP contribution in [0.1, 0.15) is 431 Å². The van der Waals surface area contributed by atoms with Crippen LogP contribution in [0.5, 0.6) is 0 Å². The van der Waals surface area contributed by atoms with Crippen molar-refractivity contribution in [2.75, 3.05) is 26.4 Å². The predicted molar refractivity (Wildman–Crippen MR) is 418 cm³/mol. The predicted octanol–water partition coefficient (Wildman–Crippen LogP) is 28.3. The Morgan fingerprint density at radius 1 is 0.323 bits per heavy atom. The number of esters is 2. The van der Waals surface area contributed by atoms with Crippen LogP contribution in [-0.4, -0.2) is 49.3 Å². The number of hydrogen-bond acceptors (Lipinski definition) is 8. The topological polar surface area (TPSA) is 134 Å². The molecule has 10 heteroatoms. The van der Waals surface area contributed by atoms with Crippen molar-refractivity contribution in [1.29, 1.82) is 0 Å². The van der Waals surface area contributed by atoms with E-state index in [1.54, 1.807) is 0 Å². The molecule has 0 aliphatic carbocycles. The minimum Gasteiger partial charge on any atom is -0.462 e. The second kappa shape index (κ2) is 81.4. The molecule has 0 bridgehead atoms. The summed E-state index contributed by atoms with van der Waals surface area (Å²) >= 11 is 0. The van der Waals surface area contributed by atoms with E-state index in [2.05, 4.69) is 86.8 Å². The fourth-order valence-electron chi connectivity index (χ4n) is 12.7. The van der Waals surface area contributed by atoms with Gasteiger partial charge in [-0.3, -0.25) is 18.6 Å². The summed E-state index contributed by atoms with van der Waals surface area (Å²) in [4.78, 5) is 35.5. The Labute approximate surface area is 596 Å². The van der Waals surface area contributed by atoms with E-state index in [-0.39, 0.29) is 38.6 Å². The lowest BCUT2D eigenvalue weighted by Gasteiger charge is -2.19. The molecular formula is C86H160NO8P. The smallest absolute Gasteiger partial charge is 0.462 e. The van der Waals surface area contributed by atoms with Gasteiger partial charge in [-0.25, -0.2) is 4.57 Å². The summed E-state index contributed by atoms with van der Waals surface area (Å²) in [5.74, 6) is -0.802. The Morgan fingerprint density at radius 3 is 0.854 bits per heavy atom. The van der Waals surface area contributed by atoms with Crippen LogP contribution in [0.25, 0.3) is 0 Å². The number of hydrogen-bond donors (Lipinski definition) is 2. The molecule has 0 spiro atoms. The molecule has 0 rings (SSSR count). The largest absolute Gasteiger partial charge is 0.472 e. The van der Waals surface area contributed by atoms with Crippen molar-refractivity contribution in [2.24, 2.45) is 5.73 Å². The molecule has 2 unspecified atom stereocenters. The van der Waals surface area contributed by atoms with E-state index in [1.807, 2.05) is 0 Å². The van der Waals surface area contributed by atoms with Crippen molar-refractivity contribution < 1.29 is 37.6 Å². The number of phosphoric acid groups is 1. The van der Waals surface area contributed by atoms with Crippen LogP contribution in [0, 0.1) is 0 Å². The number of carbonyl (C=O) groups excluding carboxylic acids is 2. The van der Waals surface area contributed by atoms with Crippen molar-refractivity contribution in [3.8, 4) is 0 Å². The molecule has 0 aromatic rings. The molecule has 0 fully saturated rings. The summed E-state index contributed by atoms with van der Waals surface area (Å²) in [6, 6.07) is 0. The van der Waals surface area contributed by atoms with Gasteiger partial charge in [0.15, 0.2) is 6.10 Å². The Bertz CT molecular complexity index is 1810. The molecular weight excluding hydrogens is 1210 g/mol. The van der Waals surface area contributed by atoms with E-state index in [9.17, 15) is 19.0 Å². The second-order valence-corrected chi connectivity index (χ2v) is 29.8. The normalized spacial score (nSPS) is 13.2. The number of rotatable bonds is 80. The Balaban J connectivity index is 3.74. The van der Waals surface area contributed by atoms with Gasteiger partial charge in [0.05, 0.1) is 13.2 Å². The van der Waals surface area contributed by atoms with Gasteiger partial charge in [0.2, 0.25) is 0 Å². The number of carbonyl (C=O) groups is 2. The zero-order valence-corrected chi connectivity index (χ0v) is 64.5. The lowest BCUT2D eigenvalue weighted by molar-refractivity contribution is -0.161. The van der Waals surface area contributed by atoms with Crippen LogP contribution < -0.4 is 5.73 Å². The molecule has 3 N–H and O–H groups in total. The summed E-state index contributed by atoms with van der Waals surface area (Å²) in [5, 5.41) is 0. The quantitative estimate of drug-likeness (QED) is 0.0264. The van der Waals surface area contributed by atoms with Gasteiger partial charge in [-0.05, 0) is 64.2 Å². The van der Waals surface area contributed by atoms with Gasteiger partial charge >= 0.3 is 19.8 Å². The van der Waals surface area contributed by atoms with E-state index < -0.39 is 26.5 Å². The van der Waals surface area contributed by atoms with E-state index in [1.165, 1.54) is 327 Å². The third-order valence-electron chi connectivity index (χ3n) is 18.9. The molecule has 0 radical (unpaired) electrons. The average Bonchev–Trinajstić information content (AvgIpc) is 2.32. The highest BCUT2D eigenvalue weighted by Gasteiger charge is 2.26. The highest BCUT2D eigenvalue weighted by atomic mass is 31.2. The molecule has 0 amide bonds. The summed E-state index contributed by atoms with van der Waals surface area (Å²) in [6.07, 6.45) is 109. The molecule has 0 aromatic carbocycles. The first kappa shape index (κ1) is 93.5. The van der Waals surface area contributed by atoms with Crippen LogP contribution >= 0.6 is 7.82 Å². The first-order valence-corrected chi connectivity index (χ1v) is 43.4. The molecule has 9 nitrogen and oxygen atoms in total. The summed E-state index contributed by atoms with van der Waals surface area (Å²) < 4.78 is 33.3. The molecule has 0 saturated carbocycles. The fraction of sp³-hybridized carbons (Fsp3) is 0.837. The third kappa shape index (κ3) is 80.4. The summed E-state index contributed by atoms with van der Waals surface area (Å²) in [6.45, 7) is 3.71. The van der Waals surface area contributed by atoms with Crippen LogP contribution in [-0.2, 0) is 32.7 Å². The maximum absolute atomic E-state index is 12.8. The molecule has 0 heterocycles. The van der Waals surface area contributed by atoms with Crippen molar-refractivity contribution >= 4 is 19.8 Å². The highest BCUT2D eigenvalue weighted by Crippen LogP contribution is 2.43. The van der Waals surface area contributed by atoms with E-state index in [0.717, 1.165) is 70.6 Å². The first-order chi connectivity index (χ1) is 47.3. The lowest BCUT2D eigenvalue weighted by Crippen LogP contribution is -2.29. The van der Waals surface area contributed by atoms with Crippen LogP contribution in [0.2, 0.25) is 0 Å². The molecule has 0 aliphatic heterocycles. The van der Waals surface area contributed by atoms with E-state index in [4.69, 9.17) is 24.3 Å². The number of allylic oxidation sites excluding steroid dienone is 12. The van der Waals surface area contributed by atoms with Gasteiger partial charge in [0, 0.05) is 19.4 Å². The Hall–Kier alpha value is -2.55. The molecule has 2 atom stereocenters. The van der Waals surface area contributed by atoms with Crippen molar-refractivity contribution in [3.63, 3.8) is 0 Å². The Morgan fingerprint density at radius 2 is 0.573 bits per heavy atom. The molecule has 0 aromatic heterocycles. The fourth-order valence-corrected chi connectivity index (χ4v) is 13.5. The summed E-state index contributed by atoms with van der Waals surface area (Å²) in [7, 11) is -4.40. The number of phosphoric ester groups is 1. The lowest BCUT2D eigenvalue weighted by atomic mass is 10.0. The van der Waals surface area contributed by atoms with E-state index >= 15 is 0 Å². The zero-order valence-electron chi connectivity index (χ0n) is 63.6. The van der Waals surface area contributed by atoms with Gasteiger partial charge in [-0.15, -0.1) is 0 Å². The molecule has 562 valence electrons. The number of nitrogens with two attached hydrogens (primary N) is 1. The van der Waals surface area contributed by atoms with Gasteiger partial charge in [0.25, 0.3) is 0 Å². The molecule has 0 saturated heterocycles. The zero-order chi connectivity index (χ0) is 69.3. The molecule has 96 heavy (non-hydrogen) atoms. The SMILES string of the molecule is CC/C=C\C/C=C\C/C=C\C/C=C\C/C=C\C/C=C\CCCCCCCCCCCCCCCCCCCCCCCCC(=O)OC(COC(=O)CCCCCCCCCCCCCCCCCCCCCCCCCCCCCCCCCCCC)COP(=O)(O)OCCN. The van der Waals surface area contributed by atoms with Crippen molar-refractivity contribution in [3.05, 3.63) is 72.9 Å². The van der Waals surface area contributed by atoms with Crippen LogP contribution in [0.3, 0.4) is 0 Å². The average molecular weight is 1370 g/mol. The monoisotopic (exact) mass is 1370 g/mol. The second-order valence-electron chi connectivity index (χ2n) is 28.3. The van der Waals surface area contributed by atoms with Crippen LogP contribution in [0.15, 0.2) is 72.9 Å². The maximum atomic E-state index is 12.8. The van der Waals surface area contributed by atoms with Gasteiger partial charge < -0.3 is 20.1 Å². The van der Waals surface area contributed by atoms with Gasteiger partial charge in [0.1, 0.15) is 6.61 Å². The van der Waals surface area contributed by atoms with Crippen molar-refractivity contribution in [2.45, 2.75) is 437 Å². The first-order valence-electron chi connectivity index (χ1n) is 41.9. The minimum absolute atomic E-state index is 0.0555. The van der Waals surface area contributed by atoms with Crippen molar-refractivity contribution in [1.82, 2.24) is 0 Å². The van der Waals surface area contributed by atoms with Gasteiger partial charge in [-0.1, -0.05) is 427 Å². The Kier molecular flexibility index (Phi) is 79.3. The molecule has 0 aliphatic rings. The number of ether oxygens (including phenoxy) is 2.